The maximum absolute atomic E-state index is 12.6. The molecule has 0 aliphatic carbocycles. The van der Waals surface area contributed by atoms with Gasteiger partial charge in [-0.15, -0.1) is 0 Å². The summed E-state index contributed by atoms with van der Waals surface area (Å²) in [4.78, 5) is 38.0. The SMILES string of the molecule is CCN(c1cc(-c2ccncc2)c[nH]c1=O)C1CCN(C(=O)/C=C/CN(C)C)CC1. The Hall–Kier alpha value is -2.93. The lowest BCUT2D eigenvalue weighted by molar-refractivity contribution is -0.127. The number of hydrogen-bond acceptors (Lipinski definition) is 5. The van der Waals surface area contributed by atoms with Crippen LogP contribution in [0.15, 0.2) is 53.7 Å². The molecule has 0 radical (unpaired) electrons. The monoisotopic (exact) mass is 409 g/mol. The van der Waals surface area contributed by atoms with Crippen LogP contribution in [-0.4, -0.2) is 72.0 Å². The third-order valence-electron chi connectivity index (χ3n) is 5.50. The van der Waals surface area contributed by atoms with Crippen LogP contribution in [0.2, 0.25) is 0 Å². The summed E-state index contributed by atoms with van der Waals surface area (Å²) in [5, 5.41) is 0. The molecule has 160 valence electrons. The fourth-order valence-electron chi connectivity index (χ4n) is 3.89. The van der Waals surface area contributed by atoms with Crippen LogP contribution < -0.4 is 10.5 Å². The molecule has 30 heavy (non-hydrogen) atoms. The zero-order chi connectivity index (χ0) is 21.5. The molecule has 0 unspecified atom stereocenters. The van der Waals surface area contributed by atoms with Gasteiger partial charge in [0, 0.05) is 62.5 Å². The van der Waals surface area contributed by atoms with E-state index in [2.05, 4.69) is 21.8 Å². The van der Waals surface area contributed by atoms with Gasteiger partial charge in [-0.2, -0.15) is 0 Å². The summed E-state index contributed by atoms with van der Waals surface area (Å²) in [5.74, 6) is 0.0656. The molecule has 1 fully saturated rings. The maximum atomic E-state index is 12.6. The molecule has 7 nitrogen and oxygen atoms in total. The van der Waals surface area contributed by atoms with E-state index in [0.29, 0.717) is 18.8 Å². The fraction of sp³-hybridized carbons (Fsp3) is 0.435. The number of amides is 1. The van der Waals surface area contributed by atoms with Crippen LogP contribution in [0.4, 0.5) is 5.69 Å². The molecule has 0 atom stereocenters. The van der Waals surface area contributed by atoms with Gasteiger partial charge in [-0.3, -0.25) is 14.6 Å². The molecule has 1 aliphatic rings. The standard InChI is InChI=1S/C23H31N5O2/c1-4-28(20-9-14-27(15-10-20)22(29)6-5-13-26(2)3)21-16-19(17-25-23(21)30)18-7-11-24-12-8-18/h5-8,11-12,16-17,20H,4,9-10,13-15H2,1-3H3,(H,25,30)/b6-5+. The topological polar surface area (TPSA) is 72.5 Å². The minimum absolute atomic E-state index is 0.0656. The molecule has 2 aromatic rings. The van der Waals surface area contributed by atoms with Crippen LogP contribution in [0.1, 0.15) is 19.8 Å². The number of aromatic amines is 1. The van der Waals surface area contributed by atoms with E-state index < -0.39 is 0 Å². The van der Waals surface area contributed by atoms with Gasteiger partial charge >= 0.3 is 0 Å². The molecule has 1 saturated heterocycles. The van der Waals surface area contributed by atoms with E-state index in [4.69, 9.17) is 0 Å². The summed E-state index contributed by atoms with van der Waals surface area (Å²) in [6, 6.07) is 6.06. The number of aromatic nitrogens is 2. The molecule has 3 heterocycles. The zero-order valence-corrected chi connectivity index (χ0v) is 18.0. The smallest absolute Gasteiger partial charge is 0.271 e. The Balaban J connectivity index is 1.70. The van der Waals surface area contributed by atoms with E-state index in [1.807, 2.05) is 48.2 Å². The maximum Gasteiger partial charge on any atom is 0.271 e. The second kappa shape index (κ2) is 10.2. The molecular formula is C23H31N5O2. The third kappa shape index (κ3) is 5.36. The van der Waals surface area contributed by atoms with Crippen LogP contribution in [0.25, 0.3) is 11.1 Å². The van der Waals surface area contributed by atoms with Crippen molar-refractivity contribution >= 4 is 11.6 Å². The summed E-state index contributed by atoms with van der Waals surface area (Å²) in [5.41, 5.74) is 2.58. The van der Waals surface area contributed by atoms with Crippen molar-refractivity contribution in [1.29, 1.82) is 0 Å². The molecule has 7 heteroatoms. The zero-order valence-electron chi connectivity index (χ0n) is 18.0. The summed E-state index contributed by atoms with van der Waals surface area (Å²) in [7, 11) is 3.95. The van der Waals surface area contributed by atoms with Gasteiger partial charge in [0.05, 0.1) is 0 Å². The first-order chi connectivity index (χ1) is 14.5. The Morgan fingerprint density at radius 3 is 2.57 bits per heavy atom. The van der Waals surface area contributed by atoms with E-state index in [1.54, 1.807) is 24.7 Å². The molecule has 1 aliphatic heterocycles. The number of nitrogens with zero attached hydrogens (tertiary/aromatic N) is 4. The number of carbonyl (C=O) groups excluding carboxylic acids is 1. The molecule has 0 bridgehead atoms. The van der Waals surface area contributed by atoms with E-state index in [1.165, 1.54) is 0 Å². The first kappa shape index (κ1) is 21.8. The van der Waals surface area contributed by atoms with E-state index in [9.17, 15) is 9.59 Å². The highest BCUT2D eigenvalue weighted by atomic mass is 16.2. The Kier molecular flexibility index (Phi) is 7.41. The number of piperidine rings is 1. The van der Waals surface area contributed by atoms with E-state index in [0.717, 1.165) is 37.1 Å². The number of anilines is 1. The Labute approximate surface area is 178 Å². The molecular weight excluding hydrogens is 378 g/mol. The second-order valence-electron chi connectivity index (χ2n) is 7.85. The number of likely N-dealkylation sites (N-methyl/N-ethyl adjacent to an activating group) is 1. The lowest BCUT2D eigenvalue weighted by Gasteiger charge is -2.38. The molecule has 0 aromatic carbocycles. The van der Waals surface area contributed by atoms with Crippen molar-refractivity contribution in [1.82, 2.24) is 19.8 Å². The summed E-state index contributed by atoms with van der Waals surface area (Å²) in [6.07, 6.45) is 10.5. The number of pyridine rings is 2. The van der Waals surface area contributed by atoms with E-state index in [-0.39, 0.29) is 17.5 Å². The quantitative estimate of drug-likeness (QED) is 0.711. The number of carbonyl (C=O) groups is 1. The van der Waals surface area contributed by atoms with Crippen molar-refractivity contribution in [2.45, 2.75) is 25.8 Å². The van der Waals surface area contributed by atoms with Crippen LogP contribution in [0, 0.1) is 0 Å². The minimum Gasteiger partial charge on any atom is -0.364 e. The fourth-order valence-corrected chi connectivity index (χ4v) is 3.89. The number of rotatable bonds is 7. The van der Waals surface area contributed by atoms with Crippen molar-refractivity contribution in [2.24, 2.45) is 0 Å². The van der Waals surface area contributed by atoms with E-state index >= 15 is 0 Å². The molecule has 3 rings (SSSR count). The first-order valence-corrected chi connectivity index (χ1v) is 10.5. The largest absolute Gasteiger partial charge is 0.364 e. The van der Waals surface area contributed by atoms with Crippen LogP contribution in [-0.2, 0) is 4.79 Å². The molecule has 0 saturated carbocycles. The number of H-pyrrole nitrogens is 1. The van der Waals surface area contributed by atoms with Crippen molar-refractivity contribution in [2.75, 3.05) is 45.2 Å². The van der Waals surface area contributed by atoms with Gasteiger partial charge in [0.15, 0.2) is 0 Å². The molecule has 1 N–H and O–H groups in total. The van der Waals surface area contributed by atoms with Gasteiger partial charge in [0.25, 0.3) is 5.56 Å². The van der Waals surface area contributed by atoms with Crippen LogP contribution >= 0.6 is 0 Å². The van der Waals surface area contributed by atoms with Gasteiger partial charge in [0.1, 0.15) is 5.69 Å². The number of likely N-dealkylation sites (tertiary alicyclic amines) is 1. The average Bonchev–Trinajstić information content (AvgIpc) is 2.76. The van der Waals surface area contributed by atoms with Gasteiger partial charge < -0.3 is 19.7 Å². The first-order valence-electron chi connectivity index (χ1n) is 10.5. The average molecular weight is 410 g/mol. The minimum atomic E-state index is -0.0835. The summed E-state index contributed by atoms with van der Waals surface area (Å²) >= 11 is 0. The highest BCUT2D eigenvalue weighted by Gasteiger charge is 2.27. The van der Waals surface area contributed by atoms with Crippen molar-refractivity contribution < 1.29 is 4.79 Å². The van der Waals surface area contributed by atoms with Crippen molar-refractivity contribution in [3.8, 4) is 11.1 Å². The van der Waals surface area contributed by atoms with Crippen LogP contribution in [0.5, 0.6) is 0 Å². The van der Waals surface area contributed by atoms with Crippen molar-refractivity contribution in [3.63, 3.8) is 0 Å². The predicted molar refractivity (Wildman–Crippen MR) is 121 cm³/mol. The lowest BCUT2D eigenvalue weighted by Crippen LogP contribution is -2.47. The van der Waals surface area contributed by atoms with Gasteiger partial charge in [0.2, 0.25) is 5.91 Å². The predicted octanol–water partition coefficient (Wildman–Crippen LogP) is 2.37. The van der Waals surface area contributed by atoms with Crippen LogP contribution in [0.3, 0.4) is 0 Å². The third-order valence-corrected chi connectivity index (χ3v) is 5.50. The molecule has 0 spiro atoms. The van der Waals surface area contributed by atoms with Gasteiger partial charge in [-0.25, -0.2) is 0 Å². The molecule has 2 aromatic heterocycles. The molecule has 1 amide bonds. The Morgan fingerprint density at radius 2 is 1.93 bits per heavy atom. The van der Waals surface area contributed by atoms with Crippen molar-refractivity contribution in [3.05, 3.63) is 59.3 Å². The number of hydrogen-bond donors (Lipinski definition) is 1. The normalized spacial score (nSPS) is 15.1. The Morgan fingerprint density at radius 1 is 1.23 bits per heavy atom. The lowest BCUT2D eigenvalue weighted by atomic mass is 10.0. The highest BCUT2D eigenvalue weighted by Crippen LogP contribution is 2.25. The summed E-state index contributed by atoms with van der Waals surface area (Å²) in [6.45, 7) is 4.97. The Bertz CT molecular complexity index is 915. The van der Waals surface area contributed by atoms with Gasteiger partial charge in [-0.1, -0.05) is 6.08 Å². The summed E-state index contributed by atoms with van der Waals surface area (Å²) < 4.78 is 0. The van der Waals surface area contributed by atoms with Gasteiger partial charge in [-0.05, 0) is 57.6 Å². The number of nitrogens with one attached hydrogen (secondary N) is 1. The second-order valence-corrected chi connectivity index (χ2v) is 7.85. The highest BCUT2D eigenvalue weighted by molar-refractivity contribution is 5.87.